The number of rotatable bonds is 8. The van der Waals surface area contributed by atoms with Crippen molar-refractivity contribution in [1.29, 1.82) is 0 Å². The molecule has 2 rings (SSSR count). The van der Waals surface area contributed by atoms with Gasteiger partial charge in [-0.1, -0.05) is 0 Å². The summed E-state index contributed by atoms with van der Waals surface area (Å²) >= 11 is 0. The van der Waals surface area contributed by atoms with E-state index in [1.165, 1.54) is 0 Å². The summed E-state index contributed by atoms with van der Waals surface area (Å²) in [5.74, 6) is 0. The quantitative estimate of drug-likeness (QED) is 0.282. The Morgan fingerprint density at radius 1 is 0.424 bits per heavy atom. The molecular weight excluding hydrogens is 573 g/mol. The van der Waals surface area contributed by atoms with Crippen molar-refractivity contribution in [3.63, 3.8) is 0 Å². The second-order valence-electron chi connectivity index (χ2n) is 11.4. The SMILES string of the molecule is C[Si]1(C)O[Si](C)(C)O[Si](C)(CC[Si]O[Si]CC[Si]2(C)O[Si](C)(C)O[Si](C)(C)O2)O[Si](C)(C)O1. The van der Waals surface area contributed by atoms with Crippen molar-refractivity contribution >= 4 is 79.5 Å². The summed E-state index contributed by atoms with van der Waals surface area (Å²) in [5, 5.41) is 0. The lowest BCUT2D eigenvalue weighted by molar-refractivity contribution is 0.232. The third-order valence-electron chi connectivity index (χ3n) is 4.83. The summed E-state index contributed by atoms with van der Waals surface area (Å²) in [7, 11) is -14.7. The van der Waals surface area contributed by atoms with Crippen LogP contribution in [0.25, 0.3) is 0 Å². The summed E-state index contributed by atoms with van der Waals surface area (Å²) in [5.41, 5.74) is 0. The Kier molecular flexibility index (Phi) is 10.1. The van der Waals surface area contributed by atoms with E-state index < -0.39 is 59.9 Å². The van der Waals surface area contributed by atoms with Crippen LogP contribution in [0.4, 0.5) is 0 Å². The first-order valence-electron chi connectivity index (χ1n) is 11.7. The molecule has 0 aliphatic carbocycles. The van der Waals surface area contributed by atoms with Crippen LogP contribution in [-0.4, -0.2) is 79.5 Å². The molecule has 0 unspecified atom stereocenters. The van der Waals surface area contributed by atoms with Gasteiger partial charge < -0.3 is 32.9 Å². The largest absolute Gasteiger partial charge is 0.457 e. The molecule has 8 nitrogen and oxygen atoms in total. The van der Waals surface area contributed by atoms with E-state index in [2.05, 4.69) is 78.6 Å². The van der Waals surface area contributed by atoms with Crippen molar-refractivity contribution in [2.75, 3.05) is 0 Å². The Balaban J connectivity index is 1.78. The predicted molar refractivity (Wildman–Crippen MR) is 150 cm³/mol. The lowest BCUT2D eigenvalue weighted by atomic mass is 10.9. The molecule has 2 saturated heterocycles. The normalized spacial score (nSPS) is 29.1. The van der Waals surface area contributed by atoms with Crippen molar-refractivity contribution < 1.29 is 32.9 Å². The fraction of sp³-hybridized carbons (Fsp3) is 1.00. The van der Waals surface area contributed by atoms with Crippen LogP contribution in [0.15, 0.2) is 0 Å². The first-order chi connectivity index (χ1) is 14.7. The molecule has 2 aliphatic rings. The van der Waals surface area contributed by atoms with Crippen LogP contribution < -0.4 is 0 Å². The summed E-state index contributed by atoms with van der Waals surface area (Å²) in [6.45, 7) is 25.5. The van der Waals surface area contributed by atoms with Gasteiger partial charge in [-0.15, -0.1) is 0 Å². The average molecular weight is 617 g/mol. The van der Waals surface area contributed by atoms with Crippen molar-refractivity contribution in [3.05, 3.63) is 0 Å². The van der Waals surface area contributed by atoms with Crippen LogP contribution >= 0.6 is 0 Å². The second-order valence-corrected chi connectivity index (χ2v) is 39.0. The third-order valence-corrected chi connectivity index (χ3v) is 36.8. The molecule has 0 atom stereocenters. The number of hydrogen-bond acceptors (Lipinski definition) is 8. The molecule has 0 spiro atoms. The van der Waals surface area contributed by atoms with Crippen molar-refractivity contribution in [2.45, 2.75) is 103 Å². The first kappa shape index (κ1) is 30.9. The Hall–Kier alpha value is 1.63. The van der Waals surface area contributed by atoms with Crippen molar-refractivity contribution in [3.8, 4) is 0 Å². The minimum Gasteiger partial charge on any atom is -0.457 e. The zero-order valence-corrected chi connectivity index (χ0v) is 31.6. The van der Waals surface area contributed by atoms with E-state index in [0.717, 1.165) is 24.2 Å². The minimum absolute atomic E-state index is 0.444. The third kappa shape index (κ3) is 10.9. The van der Waals surface area contributed by atoms with E-state index in [0.29, 0.717) is 19.5 Å². The molecule has 4 radical (unpaired) electrons. The summed E-state index contributed by atoms with van der Waals surface area (Å²) in [6, 6.07) is 3.78. The molecule has 0 aromatic rings. The van der Waals surface area contributed by atoms with Gasteiger partial charge in [0.2, 0.25) is 19.5 Å². The smallest absolute Gasteiger partial charge is 0.317 e. The van der Waals surface area contributed by atoms with Crippen LogP contribution in [0.3, 0.4) is 0 Å². The monoisotopic (exact) mass is 616 g/mol. The van der Waals surface area contributed by atoms with Gasteiger partial charge in [-0.25, -0.2) is 0 Å². The maximum atomic E-state index is 6.64. The van der Waals surface area contributed by atoms with Crippen LogP contribution in [0.2, 0.25) is 103 Å². The lowest BCUT2D eigenvalue weighted by Crippen LogP contribution is -2.65. The van der Waals surface area contributed by atoms with E-state index in [9.17, 15) is 0 Å². The second kappa shape index (κ2) is 10.8. The highest BCUT2D eigenvalue weighted by Gasteiger charge is 2.53. The predicted octanol–water partition coefficient (Wildman–Crippen LogP) is 4.87. The summed E-state index contributed by atoms with van der Waals surface area (Å²) in [4.78, 5) is 0. The van der Waals surface area contributed by atoms with E-state index in [1.807, 2.05) is 0 Å². The van der Waals surface area contributed by atoms with Gasteiger partial charge >= 0.3 is 59.9 Å². The fourth-order valence-corrected chi connectivity index (χ4v) is 46.9. The highest BCUT2D eigenvalue weighted by Crippen LogP contribution is 2.34. The van der Waals surface area contributed by atoms with Gasteiger partial charge in [-0.2, -0.15) is 0 Å². The fourth-order valence-electron chi connectivity index (χ4n) is 4.91. The number of hydrogen-bond donors (Lipinski definition) is 0. The highest BCUT2D eigenvalue weighted by molar-refractivity contribution is 6.94. The molecule has 0 N–H and O–H groups in total. The topological polar surface area (TPSA) is 73.8 Å². The van der Waals surface area contributed by atoms with E-state index in [1.54, 1.807) is 0 Å². The molecule has 2 heterocycles. The van der Waals surface area contributed by atoms with E-state index in [4.69, 9.17) is 32.9 Å². The van der Waals surface area contributed by atoms with Gasteiger partial charge in [0, 0.05) is 0 Å². The van der Waals surface area contributed by atoms with Gasteiger partial charge in [-0.05, 0) is 103 Å². The maximum Gasteiger partial charge on any atom is 0.317 e. The molecule has 192 valence electrons. The molecule has 0 aromatic carbocycles. The van der Waals surface area contributed by atoms with Crippen molar-refractivity contribution in [1.82, 2.24) is 0 Å². The van der Waals surface area contributed by atoms with Crippen LogP contribution in [0.1, 0.15) is 0 Å². The summed E-state index contributed by atoms with van der Waals surface area (Å²) < 4.78 is 51.1. The molecule has 0 bridgehead atoms. The van der Waals surface area contributed by atoms with Crippen LogP contribution in [-0.2, 0) is 32.9 Å². The molecule has 0 aromatic heterocycles. The molecule has 2 aliphatic heterocycles. The van der Waals surface area contributed by atoms with Gasteiger partial charge in [0.1, 0.15) is 0 Å². The Labute approximate surface area is 214 Å². The molecular formula is C16H44O8Si9. The first-order valence-corrected chi connectivity index (χ1v) is 33.0. The molecule has 2 fully saturated rings. The van der Waals surface area contributed by atoms with Crippen molar-refractivity contribution in [2.24, 2.45) is 0 Å². The highest BCUT2D eigenvalue weighted by atomic mass is 28.5. The minimum atomic E-state index is -2.40. The van der Waals surface area contributed by atoms with Crippen LogP contribution in [0.5, 0.6) is 0 Å². The van der Waals surface area contributed by atoms with Gasteiger partial charge in [0.15, 0.2) is 0 Å². The molecule has 17 heteroatoms. The average Bonchev–Trinajstić information content (AvgIpc) is 2.44. The Bertz CT molecular complexity index is 638. The zero-order chi connectivity index (χ0) is 25.4. The van der Waals surface area contributed by atoms with Gasteiger partial charge in [-0.3, -0.25) is 0 Å². The van der Waals surface area contributed by atoms with E-state index in [-0.39, 0.29) is 0 Å². The molecule has 33 heavy (non-hydrogen) atoms. The maximum absolute atomic E-state index is 6.64. The van der Waals surface area contributed by atoms with E-state index >= 15 is 0 Å². The molecule has 0 saturated carbocycles. The summed E-state index contributed by atoms with van der Waals surface area (Å²) in [6.07, 6.45) is 0. The molecule has 0 amide bonds. The van der Waals surface area contributed by atoms with Crippen LogP contribution in [0, 0.1) is 0 Å². The Morgan fingerprint density at radius 3 is 0.939 bits per heavy atom. The van der Waals surface area contributed by atoms with Gasteiger partial charge in [0.25, 0.3) is 0 Å². The lowest BCUT2D eigenvalue weighted by Gasteiger charge is -2.47. The van der Waals surface area contributed by atoms with Gasteiger partial charge in [0.05, 0.1) is 0 Å². The Morgan fingerprint density at radius 2 is 0.667 bits per heavy atom. The standard InChI is InChI=1S/C16H44O8Si9/c1-27(2)18-28(3,4)21-32(11,22-29(5,6)19-27)15-13-25-17-26-14-16-33(12)23-30(7,8)20-31(9,10)24-33/h13-16H2,1-12H3. The zero-order valence-electron chi connectivity index (χ0n) is 22.6.